The smallest absolute Gasteiger partial charge is 0.0569 e. The maximum atomic E-state index is 4.45. The molecule has 29 heavy (non-hydrogen) atoms. The van der Waals surface area contributed by atoms with Gasteiger partial charge < -0.3 is 0 Å². The molecular weight excluding hydrogens is 555 g/mol. The van der Waals surface area contributed by atoms with Crippen LogP contribution in [0.15, 0.2) is 16.9 Å². The van der Waals surface area contributed by atoms with Crippen LogP contribution in [0.3, 0.4) is 0 Å². The Morgan fingerprint density at radius 3 is 0.759 bits per heavy atom. The molecule has 0 bridgehead atoms. The Balaban J connectivity index is -0.000000451. The molecule has 9 heteroatoms. The second-order valence-corrected chi connectivity index (χ2v) is 13.4. The first kappa shape index (κ1) is 36.3. The summed E-state index contributed by atoms with van der Waals surface area (Å²) in [5.74, 6) is 4.64. The summed E-state index contributed by atoms with van der Waals surface area (Å²) in [5, 5.41) is 0. The summed E-state index contributed by atoms with van der Waals surface area (Å²) in [5.41, 5.74) is 0. The Morgan fingerprint density at radius 2 is 0.621 bits per heavy atom. The van der Waals surface area contributed by atoms with Gasteiger partial charge in [-0.1, -0.05) is 53.4 Å². The zero-order valence-corrected chi connectivity index (χ0v) is 26.1. The van der Waals surface area contributed by atoms with Crippen LogP contribution in [0.2, 0.25) is 0 Å². The molecule has 178 valence electrons. The van der Waals surface area contributed by atoms with Gasteiger partial charge in [-0.25, -0.2) is 0 Å². The van der Waals surface area contributed by atoms with Gasteiger partial charge in [-0.15, -0.1) is 97.6 Å². The molecule has 0 nitrogen and oxygen atoms in total. The van der Waals surface area contributed by atoms with Crippen LogP contribution in [0.4, 0.5) is 0 Å². The quantitative estimate of drug-likeness (QED) is 0.0796. The summed E-state index contributed by atoms with van der Waals surface area (Å²) >= 11 is 25.0. The van der Waals surface area contributed by atoms with Crippen molar-refractivity contribution in [3.05, 3.63) is 16.9 Å². The monoisotopic (exact) mass is 594 g/mol. The molecule has 0 saturated carbocycles. The van der Waals surface area contributed by atoms with Gasteiger partial charge in [0.15, 0.2) is 0 Å². The maximum Gasteiger partial charge on any atom is 0.0569 e. The number of thioether (sulfide) groups is 4. The van der Waals surface area contributed by atoms with Crippen molar-refractivity contribution in [3.63, 3.8) is 0 Å². The van der Waals surface area contributed by atoms with Crippen LogP contribution in [0.5, 0.6) is 0 Å². The number of unbranched alkanes of at least 4 members (excludes halogenated alkanes) is 4. The number of hydrogen-bond acceptors (Lipinski definition) is 8. The van der Waals surface area contributed by atoms with Gasteiger partial charge in [0.2, 0.25) is 0 Å². The minimum absolute atomic E-state index is 0. The average Bonchev–Trinajstić information content (AvgIpc) is 2.68. The summed E-state index contributed by atoms with van der Waals surface area (Å²) in [6.07, 6.45) is 10.0. The van der Waals surface area contributed by atoms with Gasteiger partial charge in [-0.05, 0) is 48.7 Å². The molecule has 0 rings (SSSR count). The minimum atomic E-state index is 0. The van der Waals surface area contributed by atoms with E-state index >= 15 is 0 Å². The fraction of sp³-hybridized carbons (Fsp3) is 0.800. The second kappa shape index (κ2) is 28.8. The van der Waals surface area contributed by atoms with Crippen molar-refractivity contribution < 1.29 is 16.5 Å². The molecule has 0 amide bonds. The molecule has 0 aromatic carbocycles. The van der Waals surface area contributed by atoms with Gasteiger partial charge in [0, 0.05) is 16.5 Å². The molecule has 0 radical (unpaired) electrons. The van der Waals surface area contributed by atoms with Gasteiger partial charge in [0.1, 0.15) is 0 Å². The van der Waals surface area contributed by atoms with E-state index in [-0.39, 0.29) is 16.5 Å². The molecule has 0 aliphatic heterocycles. The Labute approximate surface area is 230 Å². The summed E-state index contributed by atoms with van der Waals surface area (Å²) in [4.78, 5) is 0. The Bertz CT molecular complexity index is 339. The minimum Gasteiger partial charge on any atom is -0.135 e. The van der Waals surface area contributed by atoms with E-state index in [1.165, 1.54) is 51.4 Å². The van der Waals surface area contributed by atoms with Crippen LogP contribution < -0.4 is 0 Å². The van der Waals surface area contributed by atoms with E-state index < -0.39 is 0 Å². The molecule has 0 aromatic heterocycles. The third-order valence-electron chi connectivity index (χ3n) is 3.31. The van der Waals surface area contributed by atoms with Crippen LogP contribution in [-0.4, -0.2) is 23.0 Å². The van der Waals surface area contributed by atoms with Gasteiger partial charge in [0.25, 0.3) is 0 Å². The standard InChI is InChI=1S/2C10H20S4.Ni/c2*1-3-5-7-13-9(11)10(12)14-8-6-4-2;/h2*11-12H,3-8H2,1-2H3;. The van der Waals surface area contributed by atoms with E-state index in [0.717, 1.165) is 40.0 Å². The fourth-order valence-electron chi connectivity index (χ4n) is 1.50. The summed E-state index contributed by atoms with van der Waals surface area (Å²) in [6, 6.07) is 0. The molecule has 0 unspecified atom stereocenters. The molecule has 0 spiro atoms. The van der Waals surface area contributed by atoms with Gasteiger partial charge in [0.05, 0.1) is 16.9 Å². The van der Waals surface area contributed by atoms with Crippen molar-refractivity contribution in [2.24, 2.45) is 0 Å². The Morgan fingerprint density at radius 1 is 0.448 bits per heavy atom. The fourth-order valence-corrected chi connectivity index (χ4v) is 7.08. The average molecular weight is 596 g/mol. The third-order valence-corrected chi connectivity index (χ3v) is 10.9. The summed E-state index contributed by atoms with van der Waals surface area (Å²) in [6.45, 7) is 8.83. The largest absolute Gasteiger partial charge is 0.135 e. The first-order valence-electron chi connectivity index (χ1n) is 10.2. The molecule has 0 aliphatic carbocycles. The first-order chi connectivity index (χ1) is 13.4. The van der Waals surface area contributed by atoms with E-state index in [2.05, 4.69) is 78.2 Å². The first-order valence-corrected chi connectivity index (χ1v) is 15.9. The van der Waals surface area contributed by atoms with E-state index in [9.17, 15) is 0 Å². The predicted molar refractivity (Wildman–Crippen MR) is 159 cm³/mol. The van der Waals surface area contributed by atoms with Crippen molar-refractivity contribution in [1.82, 2.24) is 0 Å². The van der Waals surface area contributed by atoms with Crippen LogP contribution in [0.1, 0.15) is 79.1 Å². The molecule has 0 fully saturated rings. The molecule has 0 aromatic rings. The van der Waals surface area contributed by atoms with Crippen molar-refractivity contribution in [2.45, 2.75) is 79.1 Å². The van der Waals surface area contributed by atoms with Crippen molar-refractivity contribution in [3.8, 4) is 0 Å². The third kappa shape index (κ3) is 26.9. The zero-order valence-electron chi connectivity index (χ0n) is 18.2. The van der Waals surface area contributed by atoms with Crippen LogP contribution >= 0.6 is 97.6 Å². The van der Waals surface area contributed by atoms with Gasteiger partial charge in [-0.2, -0.15) is 0 Å². The van der Waals surface area contributed by atoms with Gasteiger partial charge in [-0.3, -0.25) is 0 Å². The van der Waals surface area contributed by atoms with E-state index in [1.807, 2.05) is 47.0 Å². The Hall–Kier alpha value is 2.77. The summed E-state index contributed by atoms with van der Waals surface area (Å²) < 4.78 is 4.34. The van der Waals surface area contributed by atoms with Crippen molar-refractivity contribution in [1.29, 1.82) is 0 Å². The maximum absolute atomic E-state index is 4.45. The molecule has 0 atom stereocenters. The number of rotatable bonds is 16. The zero-order chi connectivity index (χ0) is 21.6. The number of hydrogen-bond donors (Lipinski definition) is 4. The number of thiol groups is 4. The molecule has 0 heterocycles. The van der Waals surface area contributed by atoms with Crippen molar-refractivity contribution >= 4 is 97.6 Å². The van der Waals surface area contributed by atoms with E-state index in [0.29, 0.717) is 0 Å². The molecule has 0 N–H and O–H groups in total. The van der Waals surface area contributed by atoms with Crippen molar-refractivity contribution in [2.75, 3.05) is 23.0 Å². The van der Waals surface area contributed by atoms with E-state index in [1.54, 1.807) is 0 Å². The van der Waals surface area contributed by atoms with Crippen LogP contribution in [0.25, 0.3) is 0 Å². The molecular formula is C20H40NiS8. The van der Waals surface area contributed by atoms with Crippen LogP contribution in [-0.2, 0) is 16.5 Å². The molecule has 0 saturated heterocycles. The second-order valence-electron chi connectivity index (χ2n) is 6.03. The SMILES string of the molecule is CCCCSC(S)=C(S)SCCCC.CCCCSC(S)=C(S)SCCCC.[Ni]. The molecule has 0 aliphatic rings. The predicted octanol–water partition coefficient (Wildman–Crippen LogP) is 10.1. The van der Waals surface area contributed by atoms with Crippen LogP contribution in [0, 0.1) is 0 Å². The van der Waals surface area contributed by atoms with E-state index in [4.69, 9.17) is 0 Å². The van der Waals surface area contributed by atoms with Gasteiger partial charge >= 0.3 is 0 Å². The topological polar surface area (TPSA) is 0 Å². The normalized spacial score (nSPS) is 12.4. The summed E-state index contributed by atoms with van der Waals surface area (Å²) in [7, 11) is 0. The Kier molecular flexibility index (Phi) is 36.1.